The molecule has 3 unspecified atom stereocenters. The van der Waals surface area contributed by atoms with E-state index in [0.29, 0.717) is 53.9 Å². The number of nitrogens with zero attached hydrogens (tertiary/aromatic N) is 3. The van der Waals surface area contributed by atoms with Crippen LogP contribution in [0.4, 0.5) is 4.79 Å². The van der Waals surface area contributed by atoms with Crippen molar-refractivity contribution in [3.63, 3.8) is 0 Å². The smallest absolute Gasteiger partial charge is 0.315 e. The van der Waals surface area contributed by atoms with E-state index in [4.69, 9.17) is 9.47 Å². The third-order valence-corrected chi connectivity index (χ3v) is 10.1. The number of unbranched alkanes of at least 4 members (excludes halogenated alkanes) is 3. The maximum absolute atomic E-state index is 12.4. The predicted molar refractivity (Wildman–Crippen MR) is 240 cm³/mol. The average Bonchev–Trinajstić information content (AvgIpc) is 3.82. The first kappa shape index (κ1) is 59.0. The Morgan fingerprint density at radius 2 is 1.42 bits per heavy atom. The van der Waals surface area contributed by atoms with Crippen molar-refractivity contribution in [2.24, 2.45) is 0 Å². The number of ether oxygens (including phenoxy) is 2. The maximum atomic E-state index is 12.4. The first-order valence-corrected chi connectivity index (χ1v) is 18.0. The van der Waals surface area contributed by atoms with Gasteiger partial charge in [0, 0.05) is 42.1 Å². The van der Waals surface area contributed by atoms with Crippen molar-refractivity contribution in [3.05, 3.63) is 84.1 Å². The van der Waals surface area contributed by atoms with Gasteiger partial charge in [-0.25, -0.2) is 9.48 Å². The molecule has 324 valence electrons. The molecule has 1 aromatic heterocycles. The Morgan fingerprint density at radius 3 is 2.05 bits per heavy atom. The Morgan fingerprint density at radius 1 is 0.807 bits per heavy atom. The van der Waals surface area contributed by atoms with Crippen molar-refractivity contribution < 1.29 is 28.7 Å². The summed E-state index contributed by atoms with van der Waals surface area (Å²) in [4.78, 5) is 47.0. The quantitative estimate of drug-likeness (QED) is 0.0413. The molecule has 5 rings (SSSR count). The van der Waals surface area contributed by atoms with Crippen LogP contribution in [0.15, 0.2) is 67.3 Å². The molecule has 0 aliphatic carbocycles. The van der Waals surface area contributed by atoms with Gasteiger partial charge in [-0.15, -0.1) is 5.10 Å². The number of carbonyl (C=O) groups excluding carboxylic acids is 4. The molecule has 57 heavy (non-hydrogen) atoms. The van der Waals surface area contributed by atoms with Gasteiger partial charge in [-0.05, 0) is 80.5 Å². The fourth-order valence-corrected chi connectivity index (χ4v) is 7.44. The van der Waals surface area contributed by atoms with Gasteiger partial charge in [-0.1, -0.05) is 89.6 Å². The number of carbonyl (C=O) groups is 4. The highest BCUT2D eigenvalue weighted by Crippen LogP contribution is 2.33. The van der Waals surface area contributed by atoms with E-state index in [9.17, 15) is 19.2 Å². The highest BCUT2D eigenvalue weighted by Gasteiger charge is 2.42. The number of Topliss-reactive ketones (excluding diaryl/α,β-unsaturated/α-hetero) is 1. The van der Waals surface area contributed by atoms with Gasteiger partial charge in [-0.3, -0.25) is 14.4 Å². The highest BCUT2D eigenvalue weighted by atomic mass is 32.2. The number of aryl methyl sites for hydroxylation is 1. The zero-order valence-corrected chi connectivity index (χ0v) is 28.4. The van der Waals surface area contributed by atoms with Gasteiger partial charge in [0.25, 0.3) is 0 Å². The molecule has 3 N–H and O–H groups in total. The standard InChI is InChI=1S/C36H44N6O6S.8CH4/c43-24-27-12-16-31(17-13-27)48-21-20-47-30-14-10-26(11-15-30)18-19-37-34(45)23-42-22-28(40-41-42)6-2-1-3-7-29(44)8-4-5-9-33-35-32(25-49-33)38-36(46)39-35;;;;;;;;/h10-17,20-22,24,32-33,35H,1-9,18-19,23,25H2,(H,37,45)(H2,38,39,46);8*1H4. The van der Waals surface area contributed by atoms with Gasteiger partial charge in [-0.2, -0.15) is 11.8 Å². The van der Waals surface area contributed by atoms with Gasteiger partial charge in [0.15, 0.2) is 0 Å². The SMILES string of the molecule is C.C.C.C.C.C.C.C.O=Cc1ccc(OC=COc2ccc(CCNC(=O)Cn3cc(CCCCCC(=O)CCCCC4SCC5NC(=O)NC54)nn3)cc2)cc1. The monoisotopic (exact) mass is 817 g/mol. The molecule has 3 heterocycles. The van der Waals surface area contributed by atoms with E-state index in [2.05, 4.69) is 26.3 Å². The molecule has 3 aromatic rings. The minimum atomic E-state index is -0.130. The lowest BCUT2D eigenvalue weighted by atomic mass is 10.0. The molecule has 12 nitrogen and oxygen atoms in total. The highest BCUT2D eigenvalue weighted by molar-refractivity contribution is 8.00. The number of benzene rings is 2. The summed E-state index contributed by atoms with van der Waals surface area (Å²) in [5.74, 6) is 2.41. The van der Waals surface area contributed by atoms with Crippen LogP contribution in [-0.2, 0) is 29.0 Å². The number of aromatic nitrogens is 3. The largest absolute Gasteiger partial charge is 0.462 e. The normalized spacial score (nSPS) is 15.6. The van der Waals surface area contributed by atoms with E-state index >= 15 is 0 Å². The van der Waals surface area contributed by atoms with Crippen molar-refractivity contribution in [2.45, 2.75) is 147 Å². The molecule has 2 aliphatic heterocycles. The van der Waals surface area contributed by atoms with Gasteiger partial charge < -0.3 is 25.4 Å². The zero-order chi connectivity index (χ0) is 34.3. The number of fused-ring (bicyclic) bond motifs is 1. The van der Waals surface area contributed by atoms with Crippen molar-refractivity contribution in [3.8, 4) is 11.5 Å². The van der Waals surface area contributed by atoms with Crippen molar-refractivity contribution in [1.82, 2.24) is 30.9 Å². The van der Waals surface area contributed by atoms with Gasteiger partial charge in [0.05, 0.1) is 17.8 Å². The van der Waals surface area contributed by atoms with Crippen LogP contribution in [-0.4, -0.2) is 68.6 Å². The minimum absolute atomic E-state index is 0. The number of aldehydes is 1. The summed E-state index contributed by atoms with van der Waals surface area (Å²) in [6, 6.07) is 14.8. The second kappa shape index (κ2) is 31.4. The number of urea groups is 1. The van der Waals surface area contributed by atoms with Crippen LogP contribution in [0.1, 0.15) is 132 Å². The van der Waals surface area contributed by atoms with E-state index in [1.54, 1.807) is 28.9 Å². The lowest BCUT2D eigenvalue weighted by Gasteiger charge is -2.16. The van der Waals surface area contributed by atoms with Crippen LogP contribution in [0, 0.1) is 0 Å². The van der Waals surface area contributed by atoms with Gasteiger partial charge in [0.2, 0.25) is 5.91 Å². The number of hydrogen-bond donors (Lipinski definition) is 3. The third-order valence-electron chi connectivity index (χ3n) is 8.55. The van der Waals surface area contributed by atoms with E-state index in [0.717, 1.165) is 68.2 Å². The molecule has 0 radical (unpaired) electrons. The topological polar surface area (TPSA) is 154 Å². The molecule has 3 amide bonds. The molecular weight excluding hydrogens is 741 g/mol. The Kier molecular flexibility index (Phi) is 32.6. The summed E-state index contributed by atoms with van der Waals surface area (Å²) in [5, 5.41) is 17.6. The first-order chi connectivity index (χ1) is 23.9. The Hall–Kier alpha value is -4.65. The summed E-state index contributed by atoms with van der Waals surface area (Å²) in [6.45, 7) is 0.601. The van der Waals surface area contributed by atoms with Crippen LogP contribution in [0.2, 0.25) is 0 Å². The summed E-state index contributed by atoms with van der Waals surface area (Å²) < 4.78 is 12.6. The summed E-state index contributed by atoms with van der Waals surface area (Å²) in [5.41, 5.74) is 2.48. The number of amides is 3. The van der Waals surface area contributed by atoms with Crippen molar-refractivity contribution in [2.75, 3.05) is 12.3 Å². The van der Waals surface area contributed by atoms with Crippen LogP contribution in [0.25, 0.3) is 0 Å². The van der Waals surface area contributed by atoms with Crippen LogP contribution >= 0.6 is 11.8 Å². The molecule has 13 heteroatoms. The number of nitrogens with one attached hydrogen (secondary N) is 3. The molecule has 2 aromatic carbocycles. The van der Waals surface area contributed by atoms with Crippen molar-refractivity contribution >= 4 is 35.8 Å². The van der Waals surface area contributed by atoms with Gasteiger partial charge in [0.1, 0.15) is 42.6 Å². The minimum Gasteiger partial charge on any atom is -0.462 e. The van der Waals surface area contributed by atoms with Crippen molar-refractivity contribution in [1.29, 1.82) is 0 Å². The van der Waals surface area contributed by atoms with Crippen LogP contribution in [0.3, 0.4) is 0 Å². The average molecular weight is 817 g/mol. The predicted octanol–water partition coefficient (Wildman–Crippen LogP) is 9.87. The third kappa shape index (κ3) is 19.9. The van der Waals surface area contributed by atoms with E-state index in [1.165, 1.54) is 12.5 Å². The second-order valence-electron chi connectivity index (χ2n) is 12.3. The molecule has 0 spiro atoms. The fraction of sp³-hybridized carbons (Fsp3) is 0.545. The molecule has 2 fully saturated rings. The Balaban J connectivity index is -0.00000176. The molecule has 0 saturated carbocycles. The van der Waals surface area contributed by atoms with E-state index in [1.807, 2.05) is 42.2 Å². The lowest BCUT2D eigenvalue weighted by Crippen LogP contribution is -2.36. The molecular formula is C44H76N6O6S. The zero-order valence-electron chi connectivity index (χ0n) is 27.6. The fourth-order valence-electron chi connectivity index (χ4n) is 5.89. The molecule has 0 bridgehead atoms. The Labute approximate surface area is 349 Å². The summed E-state index contributed by atoms with van der Waals surface area (Å²) in [7, 11) is 0. The van der Waals surface area contributed by atoms with Gasteiger partial charge >= 0.3 is 6.03 Å². The van der Waals surface area contributed by atoms with E-state index < -0.39 is 0 Å². The number of rotatable bonds is 21. The van der Waals surface area contributed by atoms with Crippen LogP contribution in [0.5, 0.6) is 11.5 Å². The van der Waals surface area contributed by atoms with E-state index in [-0.39, 0.29) is 90.0 Å². The number of hydrogen-bond acceptors (Lipinski definition) is 9. The van der Waals surface area contributed by atoms with Crippen LogP contribution < -0.4 is 25.4 Å². The maximum Gasteiger partial charge on any atom is 0.315 e. The first-order valence-electron chi connectivity index (χ1n) is 16.9. The number of thioether (sulfide) groups is 1. The summed E-state index contributed by atoms with van der Waals surface area (Å²) in [6.07, 6.45) is 13.8. The lowest BCUT2D eigenvalue weighted by molar-refractivity contribution is -0.122. The molecule has 2 aliphatic rings. The summed E-state index contributed by atoms with van der Waals surface area (Å²) >= 11 is 1.92. The Bertz CT molecular complexity index is 1560. The second-order valence-corrected chi connectivity index (χ2v) is 13.6. The molecule has 2 saturated heterocycles. The molecule has 3 atom stereocenters. The number of ketones is 1.